The van der Waals surface area contributed by atoms with Crippen molar-refractivity contribution < 1.29 is 4.74 Å². The summed E-state index contributed by atoms with van der Waals surface area (Å²) in [5.74, 6) is 0.552. The molecule has 0 amide bonds. The number of hydrogen-bond acceptors (Lipinski definition) is 5. The molecule has 0 saturated carbocycles. The number of hydrogen-bond donors (Lipinski definition) is 2. The minimum atomic E-state index is 0.552. The molecule has 0 unspecified atom stereocenters. The smallest absolute Gasteiger partial charge is 0.125 e. The van der Waals surface area contributed by atoms with Gasteiger partial charge in [-0.1, -0.05) is 0 Å². The van der Waals surface area contributed by atoms with Crippen molar-refractivity contribution in [3.05, 3.63) is 18.3 Å². The maximum absolute atomic E-state index is 5.60. The van der Waals surface area contributed by atoms with Gasteiger partial charge in [-0.2, -0.15) is 0 Å². The first-order valence-corrected chi connectivity index (χ1v) is 5.60. The van der Waals surface area contributed by atoms with E-state index in [1.807, 2.05) is 12.1 Å². The van der Waals surface area contributed by atoms with E-state index in [2.05, 4.69) is 15.2 Å². The molecule has 1 fully saturated rings. The highest BCUT2D eigenvalue weighted by atomic mass is 16.5. The van der Waals surface area contributed by atoms with Gasteiger partial charge in [-0.3, -0.25) is 4.90 Å². The zero-order valence-corrected chi connectivity index (χ0v) is 9.35. The lowest BCUT2D eigenvalue weighted by molar-refractivity contribution is 0.0398. The van der Waals surface area contributed by atoms with Crippen molar-refractivity contribution >= 4 is 11.5 Å². The zero-order chi connectivity index (χ0) is 11.2. The molecule has 0 spiro atoms. The van der Waals surface area contributed by atoms with Gasteiger partial charge in [0.1, 0.15) is 5.82 Å². The largest absolute Gasteiger partial charge is 0.384 e. The molecule has 0 aliphatic carbocycles. The van der Waals surface area contributed by atoms with Crippen LogP contribution in [0, 0.1) is 0 Å². The fraction of sp³-hybridized carbons (Fsp3) is 0.545. The number of anilines is 2. The molecule has 5 nitrogen and oxygen atoms in total. The maximum atomic E-state index is 5.60. The van der Waals surface area contributed by atoms with Crippen LogP contribution in [0.1, 0.15) is 0 Å². The van der Waals surface area contributed by atoms with Gasteiger partial charge in [0.15, 0.2) is 0 Å². The van der Waals surface area contributed by atoms with Crippen LogP contribution in [0.5, 0.6) is 0 Å². The lowest BCUT2D eigenvalue weighted by atomic mass is 10.3. The van der Waals surface area contributed by atoms with E-state index in [9.17, 15) is 0 Å². The summed E-state index contributed by atoms with van der Waals surface area (Å²) in [4.78, 5) is 6.34. The Hall–Kier alpha value is -1.33. The third-order valence-electron chi connectivity index (χ3n) is 2.64. The van der Waals surface area contributed by atoms with Gasteiger partial charge >= 0.3 is 0 Å². The molecule has 0 bridgehead atoms. The molecule has 1 aromatic rings. The van der Waals surface area contributed by atoms with Crippen molar-refractivity contribution in [2.45, 2.75) is 0 Å². The molecule has 2 rings (SSSR count). The predicted octanol–water partition coefficient (Wildman–Crippen LogP) is 0.408. The normalized spacial score (nSPS) is 17.2. The van der Waals surface area contributed by atoms with Crippen LogP contribution in [0.25, 0.3) is 0 Å². The Kier molecular flexibility index (Phi) is 3.96. The first-order chi connectivity index (χ1) is 7.84. The van der Waals surface area contributed by atoms with Gasteiger partial charge in [-0.05, 0) is 6.07 Å². The SMILES string of the molecule is Nc1cc(NCCN2CCOCC2)ccn1. The Morgan fingerprint density at radius 3 is 3.00 bits per heavy atom. The first-order valence-electron chi connectivity index (χ1n) is 5.60. The highest BCUT2D eigenvalue weighted by molar-refractivity contribution is 5.49. The molecule has 88 valence electrons. The average molecular weight is 222 g/mol. The number of nitrogens with one attached hydrogen (secondary N) is 1. The second-order valence-corrected chi connectivity index (χ2v) is 3.85. The van der Waals surface area contributed by atoms with E-state index in [0.29, 0.717) is 5.82 Å². The summed E-state index contributed by atoms with van der Waals surface area (Å²) in [5.41, 5.74) is 6.62. The maximum Gasteiger partial charge on any atom is 0.125 e. The van der Waals surface area contributed by atoms with Crippen LogP contribution in [0.15, 0.2) is 18.3 Å². The van der Waals surface area contributed by atoms with Crippen molar-refractivity contribution in [3.63, 3.8) is 0 Å². The summed E-state index contributed by atoms with van der Waals surface area (Å²) in [6, 6.07) is 3.77. The van der Waals surface area contributed by atoms with Crippen molar-refractivity contribution in [1.29, 1.82) is 0 Å². The molecule has 5 heteroatoms. The van der Waals surface area contributed by atoms with Crippen molar-refractivity contribution in [2.75, 3.05) is 50.4 Å². The summed E-state index contributed by atoms with van der Waals surface area (Å²) in [6.07, 6.45) is 1.71. The molecule has 2 heterocycles. The molecule has 1 aliphatic rings. The van der Waals surface area contributed by atoms with Gasteiger partial charge in [0.25, 0.3) is 0 Å². The summed E-state index contributed by atoms with van der Waals surface area (Å²) in [6.45, 7) is 5.71. The number of nitrogens with two attached hydrogens (primary N) is 1. The summed E-state index contributed by atoms with van der Waals surface area (Å²) >= 11 is 0. The molecule has 0 aromatic carbocycles. The van der Waals surface area contributed by atoms with Gasteiger partial charge in [0.2, 0.25) is 0 Å². The van der Waals surface area contributed by atoms with Gasteiger partial charge in [-0.25, -0.2) is 4.98 Å². The highest BCUT2D eigenvalue weighted by Crippen LogP contribution is 2.08. The zero-order valence-electron chi connectivity index (χ0n) is 9.35. The van der Waals surface area contributed by atoms with Crippen LogP contribution in [0.3, 0.4) is 0 Å². The molecular formula is C11H18N4O. The van der Waals surface area contributed by atoms with E-state index in [0.717, 1.165) is 45.1 Å². The average Bonchev–Trinajstić information content (AvgIpc) is 2.30. The van der Waals surface area contributed by atoms with Crippen LogP contribution in [-0.2, 0) is 4.74 Å². The van der Waals surface area contributed by atoms with Gasteiger partial charge < -0.3 is 15.8 Å². The van der Waals surface area contributed by atoms with Crippen LogP contribution >= 0.6 is 0 Å². The van der Waals surface area contributed by atoms with E-state index in [1.165, 1.54) is 0 Å². The molecule has 1 aromatic heterocycles. The fourth-order valence-electron chi connectivity index (χ4n) is 1.74. The van der Waals surface area contributed by atoms with Crippen molar-refractivity contribution in [2.24, 2.45) is 0 Å². The molecular weight excluding hydrogens is 204 g/mol. The molecule has 0 atom stereocenters. The van der Waals surface area contributed by atoms with E-state index < -0.39 is 0 Å². The van der Waals surface area contributed by atoms with Crippen molar-refractivity contribution in [1.82, 2.24) is 9.88 Å². The van der Waals surface area contributed by atoms with Crippen LogP contribution in [0.4, 0.5) is 11.5 Å². The van der Waals surface area contributed by atoms with Crippen molar-refractivity contribution in [3.8, 4) is 0 Å². The van der Waals surface area contributed by atoms with E-state index >= 15 is 0 Å². The Morgan fingerprint density at radius 1 is 1.44 bits per heavy atom. The standard InChI is InChI=1S/C11H18N4O/c12-11-9-10(1-2-14-11)13-3-4-15-5-7-16-8-6-15/h1-2,9H,3-8H2,(H3,12,13,14). The topological polar surface area (TPSA) is 63.4 Å². The quantitative estimate of drug-likeness (QED) is 0.772. The number of pyridine rings is 1. The lowest BCUT2D eigenvalue weighted by Crippen LogP contribution is -2.39. The number of morpholine rings is 1. The second-order valence-electron chi connectivity index (χ2n) is 3.85. The number of ether oxygens (including phenoxy) is 1. The van der Waals surface area contributed by atoms with E-state index in [-0.39, 0.29) is 0 Å². The highest BCUT2D eigenvalue weighted by Gasteiger charge is 2.08. The Balaban J connectivity index is 1.71. The number of nitrogens with zero attached hydrogens (tertiary/aromatic N) is 2. The second kappa shape index (κ2) is 5.67. The fourth-order valence-corrected chi connectivity index (χ4v) is 1.74. The van der Waals surface area contributed by atoms with Gasteiger partial charge in [0, 0.05) is 44.1 Å². The molecule has 0 radical (unpaired) electrons. The summed E-state index contributed by atoms with van der Waals surface area (Å²) in [5, 5.41) is 3.33. The number of rotatable bonds is 4. The number of nitrogen functional groups attached to an aromatic ring is 1. The third kappa shape index (κ3) is 3.36. The van der Waals surface area contributed by atoms with Gasteiger partial charge in [-0.15, -0.1) is 0 Å². The monoisotopic (exact) mass is 222 g/mol. The van der Waals surface area contributed by atoms with E-state index in [1.54, 1.807) is 6.20 Å². The van der Waals surface area contributed by atoms with Crippen LogP contribution in [0.2, 0.25) is 0 Å². The third-order valence-corrected chi connectivity index (χ3v) is 2.64. The lowest BCUT2D eigenvalue weighted by Gasteiger charge is -2.26. The summed E-state index contributed by atoms with van der Waals surface area (Å²) < 4.78 is 5.29. The number of aromatic nitrogens is 1. The van der Waals surface area contributed by atoms with Crippen LogP contribution < -0.4 is 11.1 Å². The Bertz CT molecular complexity index is 326. The Labute approximate surface area is 95.6 Å². The molecule has 1 aliphatic heterocycles. The van der Waals surface area contributed by atoms with E-state index in [4.69, 9.17) is 10.5 Å². The predicted molar refractivity (Wildman–Crippen MR) is 64.4 cm³/mol. The Morgan fingerprint density at radius 2 is 2.25 bits per heavy atom. The van der Waals surface area contributed by atoms with Crippen LogP contribution in [-0.4, -0.2) is 49.3 Å². The molecule has 1 saturated heterocycles. The first kappa shape index (κ1) is 11.2. The minimum absolute atomic E-state index is 0.552. The molecule has 16 heavy (non-hydrogen) atoms. The minimum Gasteiger partial charge on any atom is -0.384 e. The molecule has 3 N–H and O–H groups in total. The van der Waals surface area contributed by atoms with Gasteiger partial charge in [0.05, 0.1) is 13.2 Å². The summed E-state index contributed by atoms with van der Waals surface area (Å²) in [7, 11) is 0.